The fourth-order valence-electron chi connectivity index (χ4n) is 3.93. The van der Waals surface area contributed by atoms with Gasteiger partial charge in [0.1, 0.15) is 11.5 Å². The molecule has 2 atom stereocenters. The van der Waals surface area contributed by atoms with E-state index >= 15 is 0 Å². The number of rotatable bonds is 3. The number of piperidine rings is 1. The van der Waals surface area contributed by atoms with Gasteiger partial charge in [-0.1, -0.05) is 6.42 Å². The van der Waals surface area contributed by atoms with Crippen molar-refractivity contribution in [3.63, 3.8) is 0 Å². The second-order valence-electron chi connectivity index (χ2n) is 6.59. The first-order valence-corrected chi connectivity index (χ1v) is 8.55. The zero-order valence-corrected chi connectivity index (χ0v) is 13.5. The monoisotopic (exact) mass is 328 g/mol. The van der Waals surface area contributed by atoms with E-state index in [2.05, 4.69) is 15.2 Å². The fourth-order valence-corrected chi connectivity index (χ4v) is 3.93. The van der Waals surface area contributed by atoms with Crippen molar-refractivity contribution in [1.29, 1.82) is 0 Å². The van der Waals surface area contributed by atoms with Gasteiger partial charge in [-0.2, -0.15) is 0 Å². The Hall–Kier alpha value is -2.21. The summed E-state index contributed by atoms with van der Waals surface area (Å²) in [4.78, 5) is 19.3. The van der Waals surface area contributed by atoms with Gasteiger partial charge in [-0.25, -0.2) is 9.37 Å². The summed E-state index contributed by atoms with van der Waals surface area (Å²) in [6.45, 7) is 2.21. The number of aromatic nitrogens is 2. The maximum Gasteiger partial charge on any atom is 0.270 e. The number of nitrogens with one attached hydrogen (secondary N) is 1. The molecule has 2 aromatic rings. The van der Waals surface area contributed by atoms with Crippen LogP contribution in [0.5, 0.6) is 0 Å². The van der Waals surface area contributed by atoms with Crippen LogP contribution in [0.15, 0.2) is 36.8 Å². The molecule has 2 aliphatic rings. The summed E-state index contributed by atoms with van der Waals surface area (Å²) in [5.74, 6) is -0.414. The lowest BCUT2D eigenvalue weighted by Crippen LogP contribution is -2.47. The first-order valence-electron chi connectivity index (χ1n) is 8.55. The van der Waals surface area contributed by atoms with Crippen LogP contribution in [0.4, 0.5) is 4.39 Å². The van der Waals surface area contributed by atoms with Crippen molar-refractivity contribution >= 4 is 5.91 Å². The minimum atomic E-state index is -0.298. The summed E-state index contributed by atoms with van der Waals surface area (Å²) in [6, 6.07) is 6.72. The summed E-state index contributed by atoms with van der Waals surface area (Å²) in [5.41, 5.74) is 1.21. The Bertz CT molecular complexity index is 727. The van der Waals surface area contributed by atoms with E-state index in [0.29, 0.717) is 11.7 Å². The Morgan fingerprint density at radius 1 is 1.17 bits per heavy atom. The maximum absolute atomic E-state index is 13.1. The van der Waals surface area contributed by atoms with Crippen LogP contribution >= 0.6 is 0 Å². The molecule has 24 heavy (non-hydrogen) atoms. The first-order chi connectivity index (χ1) is 11.7. The lowest BCUT2D eigenvalue weighted by molar-refractivity contribution is 0.0908. The Kier molecular flexibility index (Phi) is 4.06. The second kappa shape index (κ2) is 6.36. The normalized spacial score (nSPS) is 23.9. The van der Waals surface area contributed by atoms with Crippen molar-refractivity contribution in [3.05, 3.63) is 48.3 Å². The van der Waals surface area contributed by atoms with E-state index in [1.807, 2.05) is 0 Å². The maximum atomic E-state index is 13.1. The largest absolute Gasteiger partial charge is 0.346 e. The molecule has 5 nitrogen and oxygen atoms in total. The molecular weight excluding hydrogens is 307 g/mol. The van der Waals surface area contributed by atoms with Crippen molar-refractivity contribution in [2.45, 2.75) is 37.8 Å². The average Bonchev–Trinajstić information content (AvgIpc) is 3.23. The molecule has 0 spiro atoms. The molecule has 1 N–H and O–H groups in total. The minimum absolute atomic E-state index is 0.116. The van der Waals surface area contributed by atoms with Gasteiger partial charge in [0.2, 0.25) is 0 Å². The van der Waals surface area contributed by atoms with Crippen LogP contribution in [-0.2, 0) is 0 Å². The summed E-state index contributed by atoms with van der Waals surface area (Å²) >= 11 is 0. The third-order valence-electron chi connectivity index (χ3n) is 5.15. The van der Waals surface area contributed by atoms with Crippen LogP contribution in [0.25, 0.3) is 5.69 Å². The van der Waals surface area contributed by atoms with Crippen LogP contribution in [0, 0.1) is 5.82 Å². The molecule has 1 aromatic heterocycles. The molecule has 1 amide bonds. The highest BCUT2D eigenvalue weighted by Gasteiger charge is 2.36. The summed E-state index contributed by atoms with van der Waals surface area (Å²) in [7, 11) is 0. The highest BCUT2D eigenvalue weighted by molar-refractivity contribution is 5.93. The lowest BCUT2D eigenvalue weighted by Gasteiger charge is -2.32. The third kappa shape index (κ3) is 2.82. The number of fused-ring (bicyclic) bond motifs is 1. The van der Waals surface area contributed by atoms with Crippen molar-refractivity contribution in [2.75, 3.05) is 13.1 Å². The Morgan fingerprint density at radius 3 is 2.83 bits per heavy atom. The number of benzene rings is 1. The topological polar surface area (TPSA) is 50.2 Å². The standard InChI is InChI=1S/C18H21FN4O/c19-13-4-6-14(7-5-13)23-12-20-11-17(23)18(24)21-15-8-10-22-9-2-1-3-16(15)22/h4-7,11-12,15-16H,1-3,8-10H2,(H,21,24). The van der Waals surface area contributed by atoms with Gasteiger partial charge in [-0.05, 0) is 50.1 Å². The van der Waals surface area contributed by atoms with Crippen LogP contribution in [0.2, 0.25) is 0 Å². The molecule has 0 saturated carbocycles. The number of carbonyl (C=O) groups excluding carboxylic acids is 1. The number of amides is 1. The van der Waals surface area contributed by atoms with Crippen molar-refractivity contribution in [1.82, 2.24) is 19.8 Å². The van der Waals surface area contributed by atoms with Gasteiger partial charge >= 0.3 is 0 Å². The number of hydrogen-bond acceptors (Lipinski definition) is 3. The van der Waals surface area contributed by atoms with E-state index in [0.717, 1.165) is 31.6 Å². The number of imidazole rings is 1. The molecule has 1 aromatic carbocycles. The van der Waals surface area contributed by atoms with Crippen molar-refractivity contribution < 1.29 is 9.18 Å². The summed E-state index contributed by atoms with van der Waals surface area (Å²) in [6.07, 6.45) is 7.80. The molecular formula is C18H21FN4O. The number of hydrogen-bond donors (Lipinski definition) is 1. The van der Waals surface area contributed by atoms with E-state index in [1.54, 1.807) is 29.2 Å². The van der Waals surface area contributed by atoms with Crippen LogP contribution in [-0.4, -0.2) is 45.5 Å². The molecule has 2 saturated heterocycles. The average molecular weight is 328 g/mol. The number of halogens is 1. The molecule has 0 radical (unpaired) electrons. The molecule has 4 rings (SSSR count). The Labute approximate surface area is 140 Å². The molecule has 2 aliphatic heterocycles. The molecule has 3 heterocycles. The highest BCUT2D eigenvalue weighted by atomic mass is 19.1. The van der Waals surface area contributed by atoms with Gasteiger partial charge in [-0.3, -0.25) is 14.3 Å². The van der Waals surface area contributed by atoms with Crippen molar-refractivity contribution in [2.24, 2.45) is 0 Å². The zero-order chi connectivity index (χ0) is 16.5. The third-order valence-corrected chi connectivity index (χ3v) is 5.15. The van der Waals surface area contributed by atoms with Crippen LogP contribution in [0.1, 0.15) is 36.2 Å². The molecule has 0 bridgehead atoms. The predicted octanol–water partition coefficient (Wildman–Crippen LogP) is 2.37. The minimum Gasteiger partial charge on any atom is -0.346 e. The summed E-state index contributed by atoms with van der Waals surface area (Å²) < 4.78 is 14.8. The predicted molar refractivity (Wildman–Crippen MR) is 88.6 cm³/mol. The zero-order valence-electron chi connectivity index (χ0n) is 13.5. The quantitative estimate of drug-likeness (QED) is 0.941. The van der Waals surface area contributed by atoms with Gasteiger partial charge in [0.25, 0.3) is 5.91 Å². The molecule has 0 aliphatic carbocycles. The Balaban J connectivity index is 1.51. The van der Waals surface area contributed by atoms with E-state index < -0.39 is 0 Å². The van der Waals surface area contributed by atoms with Crippen molar-refractivity contribution in [3.8, 4) is 5.69 Å². The van der Waals surface area contributed by atoms with E-state index in [4.69, 9.17) is 0 Å². The first kappa shape index (κ1) is 15.3. The molecule has 6 heteroatoms. The van der Waals surface area contributed by atoms with Gasteiger partial charge < -0.3 is 5.32 Å². The lowest BCUT2D eigenvalue weighted by atomic mass is 9.99. The Morgan fingerprint density at radius 2 is 2.00 bits per heavy atom. The smallest absolute Gasteiger partial charge is 0.270 e. The number of nitrogens with zero attached hydrogens (tertiary/aromatic N) is 3. The van der Waals surface area contributed by atoms with Crippen LogP contribution in [0.3, 0.4) is 0 Å². The number of carbonyl (C=O) groups is 1. The van der Waals surface area contributed by atoms with Gasteiger partial charge in [0.15, 0.2) is 0 Å². The van der Waals surface area contributed by atoms with E-state index in [9.17, 15) is 9.18 Å². The van der Waals surface area contributed by atoms with Gasteiger partial charge in [0.05, 0.1) is 12.5 Å². The highest BCUT2D eigenvalue weighted by Crippen LogP contribution is 2.27. The van der Waals surface area contributed by atoms with E-state index in [-0.39, 0.29) is 17.8 Å². The second-order valence-corrected chi connectivity index (χ2v) is 6.59. The molecule has 2 unspecified atom stereocenters. The van der Waals surface area contributed by atoms with E-state index in [1.165, 1.54) is 25.0 Å². The SMILES string of the molecule is O=C(NC1CCN2CCCCC12)c1cncn1-c1ccc(F)cc1. The van der Waals surface area contributed by atoms with Gasteiger partial charge in [0, 0.05) is 24.3 Å². The molecule has 2 fully saturated rings. The van der Waals surface area contributed by atoms with Gasteiger partial charge in [-0.15, -0.1) is 0 Å². The summed E-state index contributed by atoms with van der Waals surface area (Å²) in [5, 5.41) is 3.19. The van der Waals surface area contributed by atoms with Crippen LogP contribution < -0.4 is 5.32 Å². The molecule has 126 valence electrons. The fraction of sp³-hybridized carbons (Fsp3) is 0.444.